The maximum Gasteiger partial charge on any atom is 0.344 e. The van der Waals surface area contributed by atoms with Crippen molar-refractivity contribution in [3.8, 4) is 0 Å². The van der Waals surface area contributed by atoms with E-state index in [1.165, 1.54) is 34.5 Å². The van der Waals surface area contributed by atoms with Crippen LogP contribution in [-0.4, -0.2) is 82.0 Å². The average Bonchev–Trinajstić information content (AvgIpc) is 3.51. The van der Waals surface area contributed by atoms with E-state index in [4.69, 9.17) is 19.7 Å². The number of hydrogen-bond donors (Lipinski definition) is 2. The van der Waals surface area contributed by atoms with E-state index in [-0.39, 0.29) is 24.9 Å². The van der Waals surface area contributed by atoms with Crippen LogP contribution in [0.5, 0.6) is 0 Å². The van der Waals surface area contributed by atoms with E-state index in [0.717, 1.165) is 11.1 Å². The van der Waals surface area contributed by atoms with Gasteiger partial charge in [0.2, 0.25) is 5.92 Å². The van der Waals surface area contributed by atoms with Gasteiger partial charge in [0.05, 0.1) is 41.7 Å². The molecule has 2 aromatic rings. The molecule has 12 heteroatoms. The van der Waals surface area contributed by atoms with Gasteiger partial charge in [-0.25, -0.2) is 9.59 Å². The lowest BCUT2D eigenvalue weighted by Gasteiger charge is -2.18. The summed E-state index contributed by atoms with van der Waals surface area (Å²) >= 11 is 0. The first-order valence-electron chi connectivity index (χ1n) is 12.3. The molecule has 0 aliphatic carbocycles. The van der Waals surface area contributed by atoms with Crippen molar-refractivity contribution < 1.29 is 57.8 Å². The molecule has 1 heterocycles. The Labute approximate surface area is 238 Å². The van der Waals surface area contributed by atoms with E-state index in [9.17, 15) is 19.2 Å². The van der Waals surface area contributed by atoms with E-state index < -0.39 is 42.2 Å². The van der Waals surface area contributed by atoms with Crippen molar-refractivity contribution in [3.05, 3.63) is 83.4 Å². The summed E-state index contributed by atoms with van der Waals surface area (Å²) < 4.78 is 28.8. The molecule has 3 rings (SSSR count). The smallest absolute Gasteiger partial charge is 0.344 e. The molecular weight excluding hydrogens is 540 g/mol. The molecule has 1 aliphatic rings. The maximum atomic E-state index is 11.7. The minimum atomic E-state index is -1.24. The number of benzene rings is 2. The first-order chi connectivity index (χ1) is 19.7. The number of hydrogen-bond acceptors (Lipinski definition) is 12. The molecule has 0 amide bonds. The fraction of sp³-hybridized carbons (Fsp3) is 0.379. The summed E-state index contributed by atoms with van der Waals surface area (Å²) in [7, 11) is 4.80. The predicted molar refractivity (Wildman–Crippen MR) is 144 cm³/mol. The highest BCUT2D eigenvalue weighted by atomic mass is 16.7. The molecule has 0 radical (unpaired) electrons. The van der Waals surface area contributed by atoms with Crippen molar-refractivity contribution >= 4 is 23.9 Å². The van der Waals surface area contributed by atoms with Crippen LogP contribution < -0.4 is 0 Å². The molecule has 0 bridgehead atoms. The van der Waals surface area contributed by atoms with Crippen LogP contribution in [-0.2, 0) is 47.6 Å². The monoisotopic (exact) mass is 576 g/mol. The van der Waals surface area contributed by atoms with Gasteiger partial charge in [-0.05, 0) is 18.1 Å². The van der Waals surface area contributed by atoms with Crippen LogP contribution in [0, 0.1) is 5.92 Å². The lowest BCUT2D eigenvalue weighted by molar-refractivity contribution is -0.179. The van der Waals surface area contributed by atoms with Crippen molar-refractivity contribution in [1.82, 2.24) is 0 Å². The van der Waals surface area contributed by atoms with Gasteiger partial charge < -0.3 is 38.6 Å². The molecule has 3 unspecified atom stereocenters. The predicted octanol–water partition coefficient (Wildman–Crippen LogP) is 2.05. The van der Waals surface area contributed by atoms with Gasteiger partial charge in [-0.15, -0.1) is 0 Å². The highest BCUT2D eigenvalue weighted by molar-refractivity contribution is 6.13. The Balaban J connectivity index is 0.000000339. The second-order valence-corrected chi connectivity index (χ2v) is 8.06. The number of allylic oxidation sites excluding steroid dienone is 1. The highest BCUT2D eigenvalue weighted by Crippen LogP contribution is 2.30. The van der Waals surface area contributed by atoms with Crippen LogP contribution in [0.1, 0.15) is 30.3 Å². The molecule has 0 saturated carbocycles. The molecule has 3 atom stereocenters. The normalized spacial score (nSPS) is 16.0. The van der Waals surface area contributed by atoms with Gasteiger partial charge in [0.25, 0.3) is 0 Å². The Morgan fingerprint density at radius 2 is 1.34 bits per heavy atom. The number of rotatable bonds is 8. The number of aliphatic hydroxyl groups excluding tert-OH is 2. The Morgan fingerprint density at radius 3 is 1.76 bits per heavy atom. The van der Waals surface area contributed by atoms with Gasteiger partial charge in [-0.1, -0.05) is 66.7 Å². The topological polar surface area (TPSA) is 164 Å². The van der Waals surface area contributed by atoms with E-state index in [1.54, 1.807) is 19.1 Å². The maximum absolute atomic E-state index is 11.7. The Kier molecular flexibility index (Phi) is 16.2. The molecule has 12 nitrogen and oxygen atoms in total. The summed E-state index contributed by atoms with van der Waals surface area (Å²) in [6.07, 6.45) is -0.711. The van der Waals surface area contributed by atoms with Crippen LogP contribution in [0.2, 0.25) is 0 Å². The molecule has 1 saturated heterocycles. The second kappa shape index (κ2) is 19.1. The Bertz CT molecular complexity index is 1080. The highest BCUT2D eigenvalue weighted by Gasteiger charge is 2.43. The first-order valence-corrected chi connectivity index (χ1v) is 12.3. The molecule has 0 aromatic heterocycles. The summed E-state index contributed by atoms with van der Waals surface area (Å²) in [5.74, 6) is -4.08. The quantitative estimate of drug-likeness (QED) is 0.155. The molecule has 1 fully saturated rings. The fourth-order valence-corrected chi connectivity index (χ4v) is 3.33. The minimum Gasteiger partial charge on any atom is -0.468 e. The SMILES string of the molecule is CC=C(C(=O)OC)C(=O)OC.COC(=O)C(C(=O)OC)C1OCC(c2ccccc2)O1.OCC(O)c1ccccc1. The number of carbonyl (C=O) groups excluding carboxylic acids is 4. The van der Waals surface area contributed by atoms with E-state index in [2.05, 4.69) is 18.9 Å². The zero-order valence-corrected chi connectivity index (χ0v) is 23.6. The largest absolute Gasteiger partial charge is 0.468 e. The molecular formula is C29H36O12. The third-order valence-electron chi connectivity index (χ3n) is 5.52. The second-order valence-electron chi connectivity index (χ2n) is 8.06. The standard InChI is InChI=1S/C14H16O6.C8H10O2.C7H10O4/c1-17-12(15)11(13(16)18-2)14-19-8-10(20-14)9-6-4-3-5-7-9;9-6-8(10)7-4-2-1-3-5-7;1-4-5(6(8)10-2)7(9)11-3/h3-7,10-11,14H,8H2,1-2H3;1-5,8-10H,6H2;4H,1-3H3. The lowest BCUT2D eigenvalue weighted by Crippen LogP contribution is -2.37. The van der Waals surface area contributed by atoms with Gasteiger partial charge in [0.15, 0.2) is 6.29 Å². The van der Waals surface area contributed by atoms with Gasteiger partial charge in [-0.3, -0.25) is 9.59 Å². The Hall–Kier alpha value is -4.10. The van der Waals surface area contributed by atoms with Gasteiger partial charge in [0.1, 0.15) is 17.8 Å². The van der Waals surface area contributed by atoms with Gasteiger partial charge >= 0.3 is 23.9 Å². The molecule has 2 aromatic carbocycles. The lowest BCUT2D eigenvalue weighted by atomic mass is 10.1. The number of methoxy groups -OCH3 is 4. The molecule has 224 valence electrons. The van der Waals surface area contributed by atoms with Crippen molar-refractivity contribution in [2.75, 3.05) is 41.7 Å². The number of carbonyl (C=O) groups is 4. The summed E-state index contributed by atoms with van der Waals surface area (Å²) in [5, 5.41) is 17.6. The third-order valence-corrected chi connectivity index (χ3v) is 5.52. The Morgan fingerprint density at radius 1 is 0.854 bits per heavy atom. The molecule has 2 N–H and O–H groups in total. The van der Waals surface area contributed by atoms with E-state index in [1.807, 2.05) is 48.5 Å². The summed E-state index contributed by atoms with van der Waals surface area (Å²) in [5.41, 5.74) is 1.59. The zero-order valence-electron chi connectivity index (χ0n) is 23.6. The molecule has 41 heavy (non-hydrogen) atoms. The summed E-state index contributed by atoms with van der Waals surface area (Å²) in [6, 6.07) is 18.5. The fourth-order valence-electron chi connectivity index (χ4n) is 3.33. The van der Waals surface area contributed by atoms with Crippen molar-refractivity contribution in [2.45, 2.75) is 25.4 Å². The van der Waals surface area contributed by atoms with Gasteiger partial charge in [-0.2, -0.15) is 0 Å². The first kappa shape index (κ1) is 34.9. The van der Waals surface area contributed by atoms with Crippen molar-refractivity contribution in [1.29, 1.82) is 0 Å². The van der Waals surface area contributed by atoms with Crippen LogP contribution in [0.25, 0.3) is 0 Å². The van der Waals surface area contributed by atoms with E-state index in [0.29, 0.717) is 0 Å². The average molecular weight is 577 g/mol. The van der Waals surface area contributed by atoms with Crippen LogP contribution in [0.3, 0.4) is 0 Å². The number of aliphatic hydroxyl groups is 2. The van der Waals surface area contributed by atoms with E-state index >= 15 is 0 Å². The van der Waals surface area contributed by atoms with Gasteiger partial charge in [0, 0.05) is 0 Å². The number of esters is 4. The van der Waals surface area contributed by atoms with Crippen LogP contribution in [0.4, 0.5) is 0 Å². The minimum absolute atomic E-state index is 0.0880. The molecule has 1 aliphatic heterocycles. The summed E-state index contributed by atoms with van der Waals surface area (Å²) in [4.78, 5) is 44.8. The molecule has 0 spiro atoms. The number of ether oxygens (including phenoxy) is 6. The van der Waals surface area contributed by atoms with Crippen LogP contribution in [0.15, 0.2) is 72.3 Å². The summed E-state index contributed by atoms with van der Waals surface area (Å²) in [6.45, 7) is 1.60. The van der Waals surface area contributed by atoms with Crippen LogP contribution >= 0.6 is 0 Å². The zero-order chi connectivity index (χ0) is 30.8. The third kappa shape index (κ3) is 11.1. The van der Waals surface area contributed by atoms with Crippen molar-refractivity contribution in [3.63, 3.8) is 0 Å². The van der Waals surface area contributed by atoms with Crippen molar-refractivity contribution in [2.24, 2.45) is 5.92 Å².